The number of methoxy groups -OCH3 is 1. The fraction of sp³-hybridized carbons (Fsp3) is 0.652. The van der Waals surface area contributed by atoms with E-state index < -0.39 is 0 Å². The maximum absolute atomic E-state index is 12.0. The van der Waals surface area contributed by atoms with E-state index in [1.54, 1.807) is 7.11 Å². The Morgan fingerprint density at radius 2 is 1.93 bits per heavy atom. The molecule has 0 radical (unpaired) electrons. The molecule has 1 amide bonds. The summed E-state index contributed by atoms with van der Waals surface area (Å²) in [7, 11) is 1.69. The number of hydrogen-bond acceptors (Lipinski definition) is 3. The van der Waals surface area contributed by atoms with Crippen LogP contribution in [-0.2, 0) is 4.79 Å². The first-order valence-electron chi connectivity index (χ1n) is 11.0. The van der Waals surface area contributed by atoms with Crippen molar-refractivity contribution in [1.29, 1.82) is 0 Å². The van der Waals surface area contributed by atoms with Gasteiger partial charge in [0.2, 0.25) is 5.91 Å². The second-order valence-electron chi connectivity index (χ2n) is 7.69. The van der Waals surface area contributed by atoms with Crippen LogP contribution in [0.5, 0.6) is 5.75 Å². The Morgan fingerprint density at radius 3 is 2.50 bits per heavy atom. The third-order valence-corrected chi connectivity index (χ3v) is 5.65. The summed E-state index contributed by atoms with van der Waals surface area (Å²) >= 11 is 0. The third-order valence-electron chi connectivity index (χ3n) is 5.65. The summed E-state index contributed by atoms with van der Waals surface area (Å²) in [5, 5.41) is 6.77. The van der Waals surface area contributed by atoms with Gasteiger partial charge in [-0.2, -0.15) is 0 Å². The molecule has 1 aliphatic rings. The van der Waals surface area contributed by atoms with Gasteiger partial charge in [-0.15, -0.1) is 24.0 Å². The first-order chi connectivity index (χ1) is 14.1. The van der Waals surface area contributed by atoms with Crippen LogP contribution < -0.4 is 15.4 Å². The van der Waals surface area contributed by atoms with Gasteiger partial charge in [0.05, 0.1) is 7.11 Å². The molecule has 6 nitrogen and oxygen atoms in total. The third kappa shape index (κ3) is 8.32. The van der Waals surface area contributed by atoms with E-state index in [2.05, 4.69) is 43.5 Å². The number of likely N-dealkylation sites (tertiary alicyclic amines) is 1. The highest BCUT2D eigenvalue weighted by Gasteiger charge is 2.26. The molecule has 2 N–H and O–H groups in total. The zero-order valence-electron chi connectivity index (χ0n) is 18.9. The summed E-state index contributed by atoms with van der Waals surface area (Å²) in [5.41, 5.74) is 1.32. The lowest BCUT2D eigenvalue weighted by molar-refractivity contribution is -0.129. The van der Waals surface area contributed by atoms with E-state index >= 15 is 0 Å². The molecule has 0 aromatic heterocycles. The molecule has 2 rings (SSSR count). The lowest BCUT2D eigenvalue weighted by Gasteiger charge is -2.26. The molecular weight excluding hydrogens is 491 g/mol. The van der Waals surface area contributed by atoms with Crippen molar-refractivity contribution in [3.63, 3.8) is 0 Å². The SMILES string of the molecule is CCNC(=NCCC(CC)N1CCCC1=O)NCCC(C)c1ccc(OC)cc1.I. The van der Waals surface area contributed by atoms with E-state index in [1.807, 2.05) is 17.0 Å². The van der Waals surface area contributed by atoms with Gasteiger partial charge >= 0.3 is 0 Å². The van der Waals surface area contributed by atoms with Crippen molar-refractivity contribution < 1.29 is 9.53 Å². The molecule has 170 valence electrons. The van der Waals surface area contributed by atoms with E-state index in [9.17, 15) is 4.79 Å². The van der Waals surface area contributed by atoms with E-state index in [0.717, 1.165) is 63.6 Å². The quantitative estimate of drug-likeness (QED) is 0.256. The summed E-state index contributed by atoms with van der Waals surface area (Å²) in [6, 6.07) is 8.60. The van der Waals surface area contributed by atoms with Gasteiger partial charge in [0.25, 0.3) is 0 Å². The van der Waals surface area contributed by atoms with E-state index in [-0.39, 0.29) is 24.0 Å². The zero-order chi connectivity index (χ0) is 21.1. The molecule has 30 heavy (non-hydrogen) atoms. The minimum Gasteiger partial charge on any atom is -0.497 e. The van der Waals surface area contributed by atoms with Crippen LogP contribution in [0.4, 0.5) is 0 Å². The van der Waals surface area contributed by atoms with Gasteiger partial charge in [-0.05, 0) is 56.2 Å². The summed E-state index contributed by atoms with van der Waals surface area (Å²) in [6.07, 6.45) is 4.63. The largest absolute Gasteiger partial charge is 0.497 e. The Labute approximate surface area is 199 Å². The van der Waals surface area contributed by atoms with Gasteiger partial charge in [0, 0.05) is 38.6 Å². The molecule has 1 saturated heterocycles. The number of carbonyl (C=O) groups excluding carboxylic acids is 1. The highest BCUT2D eigenvalue weighted by Crippen LogP contribution is 2.21. The molecule has 7 heteroatoms. The number of halogens is 1. The standard InChI is InChI=1S/C23H38N4O2.HI/c1-5-20(27-17-7-8-22(27)28)14-16-26-23(24-6-2)25-15-13-18(3)19-9-11-21(29-4)12-10-19;/h9-12,18,20H,5-8,13-17H2,1-4H3,(H2,24,25,26);1H. The maximum Gasteiger partial charge on any atom is 0.222 e. The smallest absolute Gasteiger partial charge is 0.222 e. The van der Waals surface area contributed by atoms with E-state index in [0.29, 0.717) is 24.3 Å². The Hall–Kier alpha value is -1.51. The zero-order valence-corrected chi connectivity index (χ0v) is 21.3. The van der Waals surface area contributed by atoms with Crippen LogP contribution >= 0.6 is 24.0 Å². The van der Waals surface area contributed by atoms with Crippen LogP contribution in [0.1, 0.15) is 64.4 Å². The number of guanidine groups is 1. The number of benzene rings is 1. The number of hydrogen-bond donors (Lipinski definition) is 2. The average Bonchev–Trinajstić information content (AvgIpc) is 3.16. The number of aliphatic imine (C=N–C) groups is 1. The van der Waals surface area contributed by atoms with Crippen LogP contribution in [0.15, 0.2) is 29.3 Å². The van der Waals surface area contributed by atoms with Gasteiger partial charge in [-0.25, -0.2) is 0 Å². The summed E-state index contributed by atoms with van der Waals surface area (Å²) in [6.45, 7) is 9.81. The van der Waals surface area contributed by atoms with Gasteiger partial charge in [-0.3, -0.25) is 9.79 Å². The lowest BCUT2D eigenvalue weighted by atomic mass is 9.98. The van der Waals surface area contributed by atoms with Crippen molar-refractivity contribution in [3.8, 4) is 5.75 Å². The minimum atomic E-state index is 0. The van der Waals surface area contributed by atoms with Crippen LogP contribution in [0.2, 0.25) is 0 Å². The molecule has 0 spiro atoms. The summed E-state index contributed by atoms with van der Waals surface area (Å²) in [4.78, 5) is 18.8. The van der Waals surface area contributed by atoms with Crippen LogP contribution in [0.3, 0.4) is 0 Å². The van der Waals surface area contributed by atoms with Crippen molar-refractivity contribution in [2.45, 2.75) is 64.8 Å². The fourth-order valence-electron chi connectivity index (χ4n) is 3.81. The molecule has 1 heterocycles. The molecule has 0 saturated carbocycles. The van der Waals surface area contributed by atoms with Crippen molar-refractivity contribution in [2.24, 2.45) is 4.99 Å². The topological polar surface area (TPSA) is 66.0 Å². The predicted octanol–water partition coefficient (Wildman–Crippen LogP) is 4.15. The molecule has 1 fully saturated rings. The minimum absolute atomic E-state index is 0. The van der Waals surface area contributed by atoms with Crippen molar-refractivity contribution in [3.05, 3.63) is 29.8 Å². The number of nitrogens with one attached hydrogen (secondary N) is 2. The molecule has 0 aliphatic carbocycles. The fourth-order valence-corrected chi connectivity index (χ4v) is 3.81. The summed E-state index contributed by atoms with van der Waals surface area (Å²) in [5.74, 6) is 2.51. The Bertz CT molecular complexity index is 651. The molecule has 1 aromatic rings. The predicted molar refractivity (Wildman–Crippen MR) is 135 cm³/mol. The van der Waals surface area contributed by atoms with Crippen LogP contribution in [-0.4, -0.2) is 56.1 Å². The molecule has 1 aliphatic heterocycles. The second kappa shape index (κ2) is 14.5. The lowest BCUT2D eigenvalue weighted by Crippen LogP contribution is -2.39. The number of amides is 1. The van der Waals surface area contributed by atoms with Crippen molar-refractivity contribution in [1.82, 2.24) is 15.5 Å². The van der Waals surface area contributed by atoms with Crippen LogP contribution in [0, 0.1) is 0 Å². The summed E-state index contributed by atoms with van der Waals surface area (Å²) < 4.78 is 5.23. The first kappa shape index (κ1) is 26.5. The monoisotopic (exact) mass is 530 g/mol. The maximum atomic E-state index is 12.0. The van der Waals surface area contributed by atoms with Crippen molar-refractivity contribution in [2.75, 3.05) is 33.3 Å². The average molecular weight is 530 g/mol. The van der Waals surface area contributed by atoms with Gasteiger partial charge in [-0.1, -0.05) is 26.0 Å². The number of rotatable bonds is 11. The molecular formula is C23H39IN4O2. The number of ether oxygens (including phenoxy) is 1. The van der Waals surface area contributed by atoms with Gasteiger partial charge in [0.1, 0.15) is 5.75 Å². The molecule has 1 aromatic carbocycles. The number of nitrogens with zero attached hydrogens (tertiary/aromatic N) is 2. The van der Waals surface area contributed by atoms with E-state index in [4.69, 9.17) is 9.73 Å². The van der Waals surface area contributed by atoms with Gasteiger partial charge < -0.3 is 20.3 Å². The molecule has 0 bridgehead atoms. The first-order valence-corrected chi connectivity index (χ1v) is 11.0. The highest BCUT2D eigenvalue weighted by atomic mass is 127. The Balaban J connectivity index is 0.00000450. The highest BCUT2D eigenvalue weighted by molar-refractivity contribution is 14.0. The van der Waals surface area contributed by atoms with Crippen molar-refractivity contribution >= 4 is 35.8 Å². The number of carbonyl (C=O) groups is 1. The Morgan fingerprint density at radius 1 is 1.20 bits per heavy atom. The van der Waals surface area contributed by atoms with Gasteiger partial charge in [0.15, 0.2) is 5.96 Å². The molecule has 2 unspecified atom stereocenters. The van der Waals surface area contributed by atoms with E-state index in [1.165, 1.54) is 5.56 Å². The van der Waals surface area contributed by atoms with Crippen LogP contribution in [0.25, 0.3) is 0 Å². The Kier molecular flexibility index (Phi) is 12.8. The normalized spacial score (nSPS) is 16.1. The molecule has 2 atom stereocenters. The second-order valence-corrected chi connectivity index (χ2v) is 7.69.